The SMILES string of the molecule is CC/C=C/C=C/C=C\CCCCCCCC(=O)OC(/C=C/CCCCCCCCCCCCC)C(COP(=O)([O-])OCC[N+](C)(C)C)NC(=O)CCCCCCCCCCCCCCCCCC. The van der Waals surface area contributed by atoms with E-state index >= 15 is 0 Å². The highest BCUT2D eigenvalue weighted by Crippen LogP contribution is 2.38. The summed E-state index contributed by atoms with van der Waals surface area (Å²) in [6, 6.07) is -0.893. The Balaban J connectivity index is 5.37. The lowest BCUT2D eigenvalue weighted by Gasteiger charge is -2.30. The maximum Gasteiger partial charge on any atom is 0.306 e. The van der Waals surface area contributed by atoms with Crippen molar-refractivity contribution in [3.63, 3.8) is 0 Å². The largest absolute Gasteiger partial charge is 0.756 e. The van der Waals surface area contributed by atoms with Crippen molar-refractivity contribution in [1.29, 1.82) is 0 Å². The molecule has 9 nitrogen and oxygen atoms in total. The predicted molar refractivity (Wildman–Crippen MR) is 289 cm³/mol. The summed E-state index contributed by atoms with van der Waals surface area (Å²) in [5.41, 5.74) is 0. The van der Waals surface area contributed by atoms with Crippen molar-refractivity contribution in [2.24, 2.45) is 0 Å². The fourth-order valence-corrected chi connectivity index (χ4v) is 8.89. The second-order valence-corrected chi connectivity index (χ2v) is 21.9. The van der Waals surface area contributed by atoms with E-state index in [2.05, 4.69) is 62.5 Å². The molecule has 1 N–H and O–H groups in total. The van der Waals surface area contributed by atoms with Crippen LogP contribution in [0, 0.1) is 0 Å². The monoisotopic (exact) mass is 977 g/mol. The summed E-state index contributed by atoms with van der Waals surface area (Å²) in [4.78, 5) is 39.8. The molecule has 0 aromatic heterocycles. The maximum atomic E-state index is 13.5. The van der Waals surface area contributed by atoms with Crippen LogP contribution in [-0.2, 0) is 27.9 Å². The highest BCUT2D eigenvalue weighted by atomic mass is 31.2. The van der Waals surface area contributed by atoms with Gasteiger partial charge < -0.3 is 28.5 Å². The lowest BCUT2D eigenvalue weighted by atomic mass is 10.0. The van der Waals surface area contributed by atoms with E-state index in [4.69, 9.17) is 13.8 Å². The van der Waals surface area contributed by atoms with E-state index in [1.165, 1.54) is 141 Å². The van der Waals surface area contributed by atoms with E-state index < -0.39 is 26.6 Å². The van der Waals surface area contributed by atoms with Gasteiger partial charge in [-0.15, -0.1) is 0 Å². The molecule has 0 aliphatic heterocycles. The third-order valence-corrected chi connectivity index (χ3v) is 13.5. The minimum atomic E-state index is -4.69. The van der Waals surface area contributed by atoms with Gasteiger partial charge in [-0.3, -0.25) is 14.2 Å². The highest BCUT2D eigenvalue weighted by Gasteiger charge is 2.27. The summed E-state index contributed by atoms with van der Waals surface area (Å²) in [6.45, 7) is 6.71. The van der Waals surface area contributed by atoms with Crippen LogP contribution in [-0.4, -0.2) is 69.4 Å². The van der Waals surface area contributed by atoms with Crippen molar-refractivity contribution in [1.82, 2.24) is 5.32 Å². The Kier molecular flexibility index (Phi) is 47.1. The molecule has 0 aromatic carbocycles. The minimum Gasteiger partial charge on any atom is -0.756 e. The van der Waals surface area contributed by atoms with Crippen LogP contribution in [0.2, 0.25) is 0 Å². The van der Waals surface area contributed by atoms with Gasteiger partial charge in [-0.1, -0.05) is 243 Å². The molecule has 0 bridgehead atoms. The number of quaternary nitrogens is 1. The lowest BCUT2D eigenvalue weighted by Crippen LogP contribution is -2.47. The van der Waals surface area contributed by atoms with Crippen molar-refractivity contribution in [3.05, 3.63) is 48.6 Å². The van der Waals surface area contributed by atoms with Gasteiger partial charge in [-0.2, -0.15) is 0 Å². The molecule has 0 aliphatic rings. The number of unbranched alkanes of at least 4 members (excludes halogenated alkanes) is 31. The number of amides is 1. The van der Waals surface area contributed by atoms with Crippen LogP contribution in [0.15, 0.2) is 48.6 Å². The summed E-state index contributed by atoms with van der Waals surface area (Å²) in [5.74, 6) is -0.558. The zero-order chi connectivity index (χ0) is 50.1. The van der Waals surface area contributed by atoms with E-state index in [1.54, 1.807) is 0 Å². The Morgan fingerprint density at radius 1 is 0.529 bits per heavy atom. The van der Waals surface area contributed by atoms with Crippen LogP contribution >= 0.6 is 7.82 Å². The quantitative estimate of drug-likeness (QED) is 0.0161. The molecule has 0 fully saturated rings. The molecule has 398 valence electrons. The summed E-state index contributed by atoms with van der Waals surface area (Å²) in [6.07, 6.45) is 57.8. The Hall–Kier alpha value is -2.03. The summed E-state index contributed by atoms with van der Waals surface area (Å²) < 4.78 is 30.2. The summed E-state index contributed by atoms with van der Waals surface area (Å²) >= 11 is 0. The second-order valence-electron chi connectivity index (χ2n) is 20.5. The number of esters is 1. The molecule has 0 radical (unpaired) electrons. The first-order chi connectivity index (χ1) is 32.9. The van der Waals surface area contributed by atoms with Gasteiger partial charge in [0.1, 0.15) is 19.3 Å². The molecule has 3 atom stereocenters. The van der Waals surface area contributed by atoms with Crippen LogP contribution < -0.4 is 10.2 Å². The van der Waals surface area contributed by atoms with E-state index in [1.807, 2.05) is 33.3 Å². The van der Waals surface area contributed by atoms with Gasteiger partial charge in [0.25, 0.3) is 7.82 Å². The predicted octanol–water partition coefficient (Wildman–Crippen LogP) is 16.3. The Morgan fingerprint density at radius 2 is 0.941 bits per heavy atom. The number of carbonyl (C=O) groups is 2. The van der Waals surface area contributed by atoms with Crippen molar-refractivity contribution in [3.8, 4) is 0 Å². The Bertz CT molecular complexity index is 1310. The molecular weight excluding hydrogens is 868 g/mol. The van der Waals surface area contributed by atoms with Gasteiger partial charge in [0.15, 0.2) is 0 Å². The molecular formula is C58H109N2O7P. The average Bonchev–Trinajstić information content (AvgIpc) is 3.29. The van der Waals surface area contributed by atoms with Gasteiger partial charge >= 0.3 is 5.97 Å². The van der Waals surface area contributed by atoms with E-state index in [0.717, 1.165) is 77.0 Å². The number of nitrogens with zero attached hydrogens (tertiary/aromatic N) is 1. The van der Waals surface area contributed by atoms with Crippen molar-refractivity contribution in [2.45, 2.75) is 270 Å². The number of carbonyl (C=O) groups excluding carboxylic acids is 2. The van der Waals surface area contributed by atoms with Crippen LogP contribution in [0.1, 0.15) is 258 Å². The normalized spacial score (nSPS) is 14.2. The summed E-state index contributed by atoms with van der Waals surface area (Å²) in [7, 11) is 1.18. The fraction of sp³-hybridized carbons (Fsp3) is 0.828. The van der Waals surface area contributed by atoms with Gasteiger partial charge in [0.05, 0.1) is 33.8 Å². The molecule has 0 saturated carbocycles. The molecule has 0 aromatic rings. The first kappa shape index (κ1) is 66.0. The minimum absolute atomic E-state index is 0.0250. The third kappa shape index (κ3) is 49.0. The Labute approximate surface area is 420 Å². The molecule has 1 amide bonds. The number of nitrogens with one attached hydrogen (secondary N) is 1. The lowest BCUT2D eigenvalue weighted by molar-refractivity contribution is -0.870. The molecule has 0 spiro atoms. The summed E-state index contributed by atoms with van der Waals surface area (Å²) in [5, 5.41) is 3.02. The fourth-order valence-electron chi connectivity index (χ4n) is 8.17. The van der Waals surface area contributed by atoms with Crippen LogP contribution in [0.3, 0.4) is 0 Å². The molecule has 0 rings (SSSR count). The number of phosphoric acid groups is 1. The van der Waals surface area contributed by atoms with Crippen LogP contribution in [0.4, 0.5) is 0 Å². The van der Waals surface area contributed by atoms with E-state index in [9.17, 15) is 19.0 Å². The Morgan fingerprint density at radius 3 is 1.40 bits per heavy atom. The molecule has 0 aliphatic carbocycles. The van der Waals surface area contributed by atoms with Gasteiger partial charge in [0.2, 0.25) is 5.91 Å². The smallest absolute Gasteiger partial charge is 0.306 e. The van der Waals surface area contributed by atoms with Gasteiger partial charge in [-0.05, 0) is 51.0 Å². The van der Waals surface area contributed by atoms with Crippen molar-refractivity contribution in [2.75, 3.05) is 40.9 Å². The van der Waals surface area contributed by atoms with Crippen LogP contribution in [0.5, 0.6) is 0 Å². The number of likely N-dealkylation sites (N-methyl/N-ethyl adjacent to an activating group) is 1. The maximum absolute atomic E-state index is 13.5. The van der Waals surface area contributed by atoms with Gasteiger partial charge in [-0.25, -0.2) is 0 Å². The number of ether oxygens (including phenoxy) is 1. The highest BCUT2D eigenvalue weighted by molar-refractivity contribution is 7.45. The van der Waals surface area contributed by atoms with Crippen molar-refractivity contribution >= 4 is 19.7 Å². The number of phosphoric ester groups is 1. The number of rotatable bonds is 51. The molecule has 0 heterocycles. The average molecular weight is 977 g/mol. The number of hydrogen-bond donors (Lipinski definition) is 1. The molecule has 10 heteroatoms. The zero-order valence-electron chi connectivity index (χ0n) is 45.3. The van der Waals surface area contributed by atoms with E-state index in [-0.39, 0.29) is 24.9 Å². The zero-order valence-corrected chi connectivity index (χ0v) is 46.2. The third-order valence-electron chi connectivity index (χ3n) is 12.6. The van der Waals surface area contributed by atoms with Crippen molar-refractivity contribution < 1.29 is 37.3 Å². The second kappa shape index (κ2) is 48.6. The van der Waals surface area contributed by atoms with Crippen LogP contribution in [0.25, 0.3) is 0 Å². The number of allylic oxidation sites excluding steroid dienone is 7. The van der Waals surface area contributed by atoms with E-state index in [0.29, 0.717) is 23.9 Å². The topological polar surface area (TPSA) is 114 Å². The molecule has 3 unspecified atom stereocenters. The standard InChI is InChI=1S/C58H109N2O7P/c1-7-10-13-16-19-22-25-28-29-30-33-35-38-41-44-47-50-57(61)59-55(54-66-68(63,64)65-53-52-60(4,5)6)56(49-46-43-40-37-34-31-26-23-20-17-14-11-8-2)67-58(62)51-48-45-42-39-36-32-27-24-21-18-15-12-9-3/h12,15,18,21,24,27,46,49,55-56H,7-11,13-14,16-17,19-20,22-23,25-26,28-45,47-48,50-54H2,1-6H3,(H-,59,61,63,64)/b15-12+,21-18+,27-24-,49-46+. The first-order valence-electron chi connectivity index (χ1n) is 28.5. The first-order valence-corrected chi connectivity index (χ1v) is 29.9. The molecule has 0 saturated heterocycles. The van der Waals surface area contributed by atoms with Gasteiger partial charge in [0, 0.05) is 12.8 Å². The number of hydrogen-bond acceptors (Lipinski definition) is 7. The molecule has 68 heavy (non-hydrogen) atoms.